The van der Waals surface area contributed by atoms with Crippen LogP contribution in [0.15, 0.2) is 48.5 Å². The van der Waals surface area contributed by atoms with Gasteiger partial charge < -0.3 is 10.1 Å². The standard InChI is InChI=1S/C17H18FNO2/c1-3-15(21-16-7-5-4-6-12(16)2)17(20)19-14-10-8-13(18)9-11-14/h4-11,15H,3H2,1-2H3,(H,19,20)/t15-/m0/s1. The van der Waals surface area contributed by atoms with E-state index < -0.39 is 6.10 Å². The summed E-state index contributed by atoms with van der Waals surface area (Å²) in [6, 6.07) is 13.2. The van der Waals surface area contributed by atoms with Crippen molar-refractivity contribution in [2.45, 2.75) is 26.4 Å². The lowest BCUT2D eigenvalue weighted by Crippen LogP contribution is -2.32. The summed E-state index contributed by atoms with van der Waals surface area (Å²) < 4.78 is 18.6. The molecule has 0 aromatic heterocycles. The number of aryl methyl sites for hydroxylation is 1. The van der Waals surface area contributed by atoms with Gasteiger partial charge in [-0.1, -0.05) is 25.1 Å². The van der Waals surface area contributed by atoms with Crippen LogP contribution in [0.1, 0.15) is 18.9 Å². The van der Waals surface area contributed by atoms with Gasteiger partial charge in [0.25, 0.3) is 5.91 Å². The summed E-state index contributed by atoms with van der Waals surface area (Å²) >= 11 is 0. The minimum Gasteiger partial charge on any atom is -0.480 e. The van der Waals surface area contributed by atoms with Crippen LogP contribution < -0.4 is 10.1 Å². The average Bonchev–Trinajstić information content (AvgIpc) is 2.48. The number of carbonyl (C=O) groups excluding carboxylic acids is 1. The molecule has 1 N–H and O–H groups in total. The lowest BCUT2D eigenvalue weighted by atomic mass is 10.2. The van der Waals surface area contributed by atoms with Crippen molar-refractivity contribution in [2.75, 3.05) is 5.32 Å². The number of nitrogens with one attached hydrogen (secondary N) is 1. The van der Waals surface area contributed by atoms with Crippen LogP contribution in [0, 0.1) is 12.7 Å². The first-order chi connectivity index (χ1) is 10.1. The Morgan fingerprint density at radius 3 is 2.48 bits per heavy atom. The minimum atomic E-state index is -0.587. The maximum absolute atomic E-state index is 12.8. The van der Waals surface area contributed by atoms with Crippen LogP contribution in [-0.2, 0) is 4.79 Å². The lowest BCUT2D eigenvalue weighted by molar-refractivity contribution is -0.122. The zero-order valence-electron chi connectivity index (χ0n) is 12.1. The Morgan fingerprint density at radius 2 is 1.86 bits per heavy atom. The van der Waals surface area contributed by atoms with E-state index in [9.17, 15) is 9.18 Å². The first-order valence-corrected chi connectivity index (χ1v) is 6.89. The Balaban J connectivity index is 2.05. The van der Waals surface area contributed by atoms with Gasteiger partial charge in [-0.25, -0.2) is 4.39 Å². The quantitative estimate of drug-likeness (QED) is 0.905. The molecular weight excluding hydrogens is 269 g/mol. The Labute approximate surface area is 123 Å². The van der Waals surface area contributed by atoms with Gasteiger partial charge in [0.1, 0.15) is 11.6 Å². The van der Waals surface area contributed by atoms with E-state index >= 15 is 0 Å². The Morgan fingerprint density at radius 1 is 1.19 bits per heavy atom. The molecule has 1 atom stereocenters. The number of carbonyl (C=O) groups is 1. The molecule has 0 saturated carbocycles. The molecule has 0 aliphatic carbocycles. The molecule has 0 radical (unpaired) electrons. The topological polar surface area (TPSA) is 38.3 Å². The fraction of sp³-hybridized carbons (Fsp3) is 0.235. The van der Waals surface area contributed by atoms with E-state index in [1.54, 1.807) is 0 Å². The van der Waals surface area contributed by atoms with Crippen molar-refractivity contribution >= 4 is 11.6 Å². The highest BCUT2D eigenvalue weighted by atomic mass is 19.1. The van der Waals surface area contributed by atoms with Crippen molar-refractivity contribution in [3.8, 4) is 5.75 Å². The molecule has 1 amide bonds. The van der Waals surface area contributed by atoms with Crippen LogP contribution in [0.5, 0.6) is 5.75 Å². The van der Waals surface area contributed by atoms with Crippen LogP contribution >= 0.6 is 0 Å². The summed E-state index contributed by atoms with van der Waals surface area (Å²) in [5.41, 5.74) is 1.53. The van der Waals surface area contributed by atoms with E-state index in [1.165, 1.54) is 24.3 Å². The first kappa shape index (κ1) is 15.0. The summed E-state index contributed by atoms with van der Waals surface area (Å²) in [5, 5.41) is 2.73. The van der Waals surface area contributed by atoms with E-state index in [4.69, 9.17) is 4.74 Å². The number of para-hydroxylation sites is 1. The number of amides is 1. The molecule has 2 aromatic carbocycles. The zero-order valence-corrected chi connectivity index (χ0v) is 12.1. The summed E-state index contributed by atoms with van der Waals surface area (Å²) in [4.78, 5) is 12.2. The Hall–Kier alpha value is -2.36. The molecule has 0 aliphatic rings. The molecule has 3 nitrogen and oxygen atoms in total. The van der Waals surface area contributed by atoms with E-state index in [0.29, 0.717) is 17.9 Å². The summed E-state index contributed by atoms with van der Waals surface area (Å²) in [5.74, 6) is 0.113. The maximum Gasteiger partial charge on any atom is 0.265 e. The van der Waals surface area contributed by atoms with Crippen LogP contribution in [0.4, 0.5) is 10.1 Å². The second-order valence-corrected chi connectivity index (χ2v) is 4.78. The summed E-state index contributed by atoms with van der Waals surface area (Å²) in [7, 11) is 0. The second kappa shape index (κ2) is 6.88. The van der Waals surface area contributed by atoms with E-state index in [2.05, 4.69) is 5.32 Å². The van der Waals surface area contributed by atoms with E-state index in [-0.39, 0.29) is 11.7 Å². The number of halogens is 1. The number of rotatable bonds is 5. The minimum absolute atomic E-state index is 0.243. The SMILES string of the molecule is CC[C@H](Oc1ccccc1C)C(=O)Nc1ccc(F)cc1. The van der Waals surface area contributed by atoms with Crippen LogP contribution in [0.25, 0.3) is 0 Å². The molecule has 0 heterocycles. The van der Waals surface area contributed by atoms with Gasteiger partial charge in [0.15, 0.2) is 6.10 Å². The molecule has 0 fully saturated rings. The van der Waals surface area contributed by atoms with Crippen molar-refractivity contribution in [2.24, 2.45) is 0 Å². The molecule has 0 unspecified atom stereocenters. The third-order valence-electron chi connectivity index (χ3n) is 3.14. The second-order valence-electron chi connectivity index (χ2n) is 4.78. The van der Waals surface area contributed by atoms with Gasteiger partial charge in [0.2, 0.25) is 0 Å². The molecule has 0 bridgehead atoms. The average molecular weight is 287 g/mol. The summed E-state index contributed by atoms with van der Waals surface area (Å²) in [6.07, 6.45) is -0.0439. The van der Waals surface area contributed by atoms with Crippen molar-refractivity contribution in [3.05, 3.63) is 59.9 Å². The molecule has 2 aromatic rings. The van der Waals surface area contributed by atoms with Crippen LogP contribution in [0.2, 0.25) is 0 Å². The van der Waals surface area contributed by atoms with Gasteiger partial charge in [-0.2, -0.15) is 0 Å². The number of anilines is 1. The highest BCUT2D eigenvalue weighted by Gasteiger charge is 2.19. The predicted octanol–water partition coefficient (Wildman–Crippen LogP) is 3.93. The zero-order chi connectivity index (χ0) is 15.2. The fourth-order valence-corrected chi connectivity index (χ4v) is 1.92. The van der Waals surface area contributed by atoms with Gasteiger partial charge in [-0.05, 0) is 49.2 Å². The highest BCUT2D eigenvalue weighted by molar-refractivity contribution is 5.94. The van der Waals surface area contributed by atoms with Gasteiger partial charge in [0.05, 0.1) is 0 Å². The fourth-order valence-electron chi connectivity index (χ4n) is 1.92. The molecule has 2 rings (SSSR count). The van der Waals surface area contributed by atoms with Crippen molar-refractivity contribution < 1.29 is 13.9 Å². The molecule has 0 aliphatic heterocycles. The van der Waals surface area contributed by atoms with Gasteiger partial charge in [0, 0.05) is 5.69 Å². The molecule has 0 saturated heterocycles. The van der Waals surface area contributed by atoms with Gasteiger partial charge in [-0.15, -0.1) is 0 Å². The third-order valence-corrected chi connectivity index (χ3v) is 3.14. The first-order valence-electron chi connectivity index (χ1n) is 6.89. The van der Waals surface area contributed by atoms with E-state index in [1.807, 2.05) is 38.1 Å². The van der Waals surface area contributed by atoms with Gasteiger partial charge in [-0.3, -0.25) is 4.79 Å². The number of benzene rings is 2. The Bertz CT molecular complexity index is 610. The largest absolute Gasteiger partial charge is 0.480 e. The molecule has 0 spiro atoms. The summed E-state index contributed by atoms with van der Waals surface area (Å²) in [6.45, 7) is 3.81. The number of hydrogen-bond donors (Lipinski definition) is 1. The van der Waals surface area contributed by atoms with Crippen LogP contribution in [-0.4, -0.2) is 12.0 Å². The molecule has 4 heteroatoms. The lowest BCUT2D eigenvalue weighted by Gasteiger charge is -2.18. The predicted molar refractivity (Wildman–Crippen MR) is 80.9 cm³/mol. The van der Waals surface area contributed by atoms with Crippen molar-refractivity contribution in [3.63, 3.8) is 0 Å². The van der Waals surface area contributed by atoms with Crippen molar-refractivity contribution in [1.29, 1.82) is 0 Å². The highest BCUT2D eigenvalue weighted by Crippen LogP contribution is 2.19. The normalized spacial score (nSPS) is 11.8. The van der Waals surface area contributed by atoms with Gasteiger partial charge >= 0.3 is 0 Å². The van der Waals surface area contributed by atoms with Crippen molar-refractivity contribution in [1.82, 2.24) is 0 Å². The number of ether oxygens (including phenoxy) is 1. The molecular formula is C17H18FNO2. The molecule has 21 heavy (non-hydrogen) atoms. The van der Waals surface area contributed by atoms with E-state index in [0.717, 1.165) is 5.56 Å². The Kier molecular flexibility index (Phi) is 4.93. The monoisotopic (exact) mass is 287 g/mol. The smallest absolute Gasteiger partial charge is 0.265 e. The third kappa shape index (κ3) is 4.05. The van der Waals surface area contributed by atoms with Crippen LogP contribution in [0.3, 0.4) is 0 Å². The maximum atomic E-state index is 12.8. The number of hydrogen-bond acceptors (Lipinski definition) is 2. The molecule has 110 valence electrons.